The van der Waals surface area contributed by atoms with Gasteiger partial charge in [-0.05, 0) is 34.6 Å². The van der Waals surface area contributed by atoms with E-state index in [-0.39, 0.29) is 5.41 Å². The van der Waals surface area contributed by atoms with Crippen LogP contribution < -0.4 is 0 Å². The van der Waals surface area contributed by atoms with Crippen LogP contribution in [0.2, 0.25) is 0 Å². The normalized spacial score (nSPS) is 18.7. The van der Waals surface area contributed by atoms with Crippen LogP contribution in [0.15, 0.2) is 29.8 Å². The lowest BCUT2D eigenvalue weighted by Crippen LogP contribution is -2.13. The maximum Gasteiger partial charge on any atom is 0.159 e. The van der Waals surface area contributed by atoms with Crippen molar-refractivity contribution in [2.45, 2.75) is 39.0 Å². The minimum Gasteiger partial charge on any atom is -0.295 e. The maximum atomic E-state index is 11.2. The molecular formula is C15H18O. The minimum atomic E-state index is 0.192. The van der Waals surface area contributed by atoms with Crippen molar-refractivity contribution < 1.29 is 4.79 Å². The molecule has 16 heavy (non-hydrogen) atoms. The van der Waals surface area contributed by atoms with Gasteiger partial charge in [-0.15, -0.1) is 0 Å². The number of allylic oxidation sites excluding steroid dienone is 1. The predicted octanol–water partition coefficient (Wildman–Crippen LogP) is 3.73. The molecule has 0 radical (unpaired) electrons. The van der Waals surface area contributed by atoms with Crippen LogP contribution in [0.5, 0.6) is 0 Å². The largest absolute Gasteiger partial charge is 0.295 e. The van der Waals surface area contributed by atoms with Gasteiger partial charge in [-0.3, -0.25) is 4.79 Å². The van der Waals surface area contributed by atoms with Gasteiger partial charge in [-0.1, -0.05) is 45.0 Å². The van der Waals surface area contributed by atoms with Crippen molar-refractivity contribution in [1.82, 2.24) is 0 Å². The number of hydrogen-bond donors (Lipinski definition) is 0. The van der Waals surface area contributed by atoms with E-state index in [1.165, 1.54) is 5.56 Å². The summed E-state index contributed by atoms with van der Waals surface area (Å²) < 4.78 is 0. The van der Waals surface area contributed by atoms with E-state index < -0.39 is 0 Å². The molecule has 1 saturated carbocycles. The molecule has 1 aliphatic carbocycles. The van der Waals surface area contributed by atoms with Crippen LogP contribution in [-0.2, 0) is 10.2 Å². The molecule has 0 amide bonds. The van der Waals surface area contributed by atoms with E-state index in [0.29, 0.717) is 5.78 Å². The van der Waals surface area contributed by atoms with Gasteiger partial charge in [-0.2, -0.15) is 0 Å². The Balaban J connectivity index is 2.20. The highest BCUT2D eigenvalue weighted by Crippen LogP contribution is 2.26. The van der Waals surface area contributed by atoms with E-state index in [4.69, 9.17) is 0 Å². The zero-order valence-electron chi connectivity index (χ0n) is 10.2. The van der Waals surface area contributed by atoms with Crippen LogP contribution in [-0.4, -0.2) is 5.78 Å². The fourth-order valence-corrected chi connectivity index (χ4v) is 1.80. The number of benzene rings is 1. The summed E-state index contributed by atoms with van der Waals surface area (Å²) in [6, 6.07) is 8.49. The van der Waals surface area contributed by atoms with Crippen molar-refractivity contribution in [1.29, 1.82) is 0 Å². The SMILES string of the molecule is CC(C)(C)c1ccc(/C=C2/CCC2=O)cc1. The molecule has 0 saturated heterocycles. The van der Waals surface area contributed by atoms with Crippen molar-refractivity contribution in [3.05, 3.63) is 41.0 Å². The van der Waals surface area contributed by atoms with E-state index >= 15 is 0 Å². The van der Waals surface area contributed by atoms with Gasteiger partial charge in [0.1, 0.15) is 0 Å². The monoisotopic (exact) mass is 214 g/mol. The molecule has 84 valence electrons. The molecule has 1 aliphatic rings. The summed E-state index contributed by atoms with van der Waals surface area (Å²) in [5.74, 6) is 0.305. The topological polar surface area (TPSA) is 17.1 Å². The Kier molecular flexibility index (Phi) is 2.71. The lowest BCUT2D eigenvalue weighted by molar-refractivity contribution is -0.118. The molecule has 1 aromatic rings. The first-order valence-electron chi connectivity index (χ1n) is 5.81. The summed E-state index contributed by atoms with van der Waals surface area (Å²) in [6.45, 7) is 6.61. The number of carbonyl (C=O) groups excluding carboxylic acids is 1. The quantitative estimate of drug-likeness (QED) is 0.651. The molecule has 1 heteroatoms. The lowest BCUT2D eigenvalue weighted by atomic mass is 9.85. The molecule has 0 atom stereocenters. The van der Waals surface area contributed by atoms with Gasteiger partial charge in [0.05, 0.1) is 0 Å². The molecule has 1 fully saturated rings. The van der Waals surface area contributed by atoms with Crippen molar-refractivity contribution >= 4 is 11.9 Å². The molecule has 0 heterocycles. The Labute approximate surface area is 97.2 Å². The van der Waals surface area contributed by atoms with E-state index in [2.05, 4.69) is 45.0 Å². The first kappa shape index (κ1) is 11.1. The highest BCUT2D eigenvalue weighted by Gasteiger charge is 2.19. The molecule has 2 rings (SSSR count). The fourth-order valence-electron chi connectivity index (χ4n) is 1.80. The highest BCUT2D eigenvalue weighted by molar-refractivity contribution is 6.05. The second-order valence-corrected chi connectivity index (χ2v) is 5.46. The average Bonchev–Trinajstić information content (AvgIpc) is 2.23. The van der Waals surface area contributed by atoms with Crippen molar-refractivity contribution in [3.63, 3.8) is 0 Å². The van der Waals surface area contributed by atoms with Gasteiger partial charge in [0.2, 0.25) is 0 Å². The highest BCUT2D eigenvalue weighted by atomic mass is 16.1. The van der Waals surface area contributed by atoms with Crippen molar-refractivity contribution in [2.75, 3.05) is 0 Å². The smallest absolute Gasteiger partial charge is 0.159 e. The van der Waals surface area contributed by atoms with Crippen LogP contribution >= 0.6 is 0 Å². The summed E-state index contributed by atoms with van der Waals surface area (Å²) >= 11 is 0. The van der Waals surface area contributed by atoms with Crippen molar-refractivity contribution in [2.24, 2.45) is 0 Å². The van der Waals surface area contributed by atoms with Crippen LogP contribution in [0.4, 0.5) is 0 Å². The van der Waals surface area contributed by atoms with Crippen LogP contribution in [0, 0.1) is 0 Å². The second-order valence-electron chi connectivity index (χ2n) is 5.46. The van der Waals surface area contributed by atoms with Gasteiger partial charge < -0.3 is 0 Å². The van der Waals surface area contributed by atoms with Crippen LogP contribution in [0.1, 0.15) is 44.7 Å². The molecule has 0 aliphatic heterocycles. The lowest BCUT2D eigenvalue weighted by Gasteiger charge is -2.19. The molecule has 0 unspecified atom stereocenters. The first-order chi connectivity index (χ1) is 7.47. The number of carbonyl (C=O) groups is 1. The van der Waals surface area contributed by atoms with Crippen molar-refractivity contribution in [3.8, 4) is 0 Å². The van der Waals surface area contributed by atoms with Gasteiger partial charge in [0.25, 0.3) is 0 Å². The Hall–Kier alpha value is -1.37. The summed E-state index contributed by atoms with van der Waals surface area (Å²) in [6.07, 6.45) is 3.68. The van der Waals surface area contributed by atoms with Gasteiger partial charge in [0.15, 0.2) is 5.78 Å². The summed E-state index contributed by atoms with van der Waals surface area (Å²) in [5, 5.41) is 0. The van der Waals surface area contributed by atoms with Gasteiger partial charge >= 0.3 is 0 Å². The predicted molar refractivity (Wildman–Crippen MR) is 67.4 cm³/mol. The molecule has 0 aromatic heterocycles. The Morgan fingerprint density at radius 1 is 1.06 bits per heavy atom. The number of Topliss-reactive ketones (excluding diaryl/α,β-unsaturated/α-hetero) is 1. The number of hydrogen-bond acceptors (Lipinski definition) is 1. The standard InChI is InChI=1S/C15H18O/c1-15(2,3)13-7-4-11(5-8-13)10-12-6-9-14(12)16/h4-5,7-8,10H,6,9H2,1-3H3/b12-10-. The molecule has 0 bridgehead atoms. The number of ketones is 1. The Morgan fingerprint density at radius 3 is 2.06 bits per heavy atom. The molecular weight excluding hydrogens is 196 g/mol. The van der Waals surface area contributed by atoms with E-state index in [1.807, 2.05) is 6.08 Å². The zero-order valence-corrected chi connectivity index (χ0v) is 10.2. The third kappa shape index (κ3) is 2.24. The minimum absolute atomic E-state index is 0.192. The average molecular weight is 214 g/mol. The summed E-state index contributed by atoms with van der Waals surface area (Å²) in [5.41, 5.74) is 3.63. The Morgan fingerprint density at radius 2 is 1.69 bits per heavy atom. The summed E-state index contributed by atoms with van der Waals surface area (Å²) in [4.78, 5) is 11.2. The van der Waals surface area contributed by atoms with Crippen LogP contribution in [0.25, 0.3) is 6.08 Å². The molecule has 0 N–H and O–H groups in total. The summed E-state index contributed by atoms with van der Waals surface area (Å²) in [7, 11) is 0. The maximum absolute atomic E-state index is 11.2. The molecule has 1 nitrogen and oxygen atoms in total. The van der Waals surface area contributed by atoms with E-state index in [0.717, 1.165) is 24.0 Å². The third-order valence-corrected chi connectivity index (χ3v) is 3.10. The number of rotatable bonds is 1. The van der Waals surface area contributed by atoms with E-state index in [9.17, 15) is 4.79 Å². The first-order valence-corrected chi connectivity index (χ1v) is 5.81. The fraction of sp³-hybridized carbons (Fsp3) is 0.400. The van der Waals surface area contributed by atoms with Gasteiger partial charge in [0, 0.05) is 6.42 Å². The van der Waals surface area contributed by atoms with E-state index in [1.54, 1.807) is 0 Å². The second kappa shape index (κ2) is 3.89. The Bertz CT molecular complexity index is 429. The molecule has 1 aromatic carbocycles. The zero-order chi connectivity index (χ0) is 11.8. The van der Waals surface area contributed by atoms with Crippen LogP contribution in [0.3, 0.4) is 0 Å². The van der Waals surface area contributed by atoms with Gasteiger partial charge in [-0.25, -0.2) is 0 Å². The molecule has 0 spiro atoms. The third-order valence-electron chi connectivity index (χ3n) is 3.10.